The molecule has 0 radical (unpaired) electrons. The molecule has 0 saturated heterocycles. The molecule has 1 spiro atoms. The quantitative estimate of drug-likeness (QED) is 0.617. The van der Waals surface area contributed by atoms with E-state index >= 15 is 0 Å². The van der Waals surface area contributed by atoms with Crippen LogP contribution in [-0.4, -0.2) is 5.54 Å². The summed E-state index contributed by atoms with van der Waals surface area (Å²) in [6.45, 7) is 0. The number of hydroxylamine groups is 1. The predicted octanol–water partition coefficient (Wildman–Crippen LogP) is 2.76. The Bertz CT molecular complexity index is 801. The van der Waals surface area contributed by atoms with Crippen LogP contribution in [0.1, 0.15) is 43.2 Å². The molecular formula is C20H21NO. The third-order valence-electron chi connectivity index (χ3n) is 5.11. The number of hydrogen-bond donors (Lipinski definition) is 0. The summed E-state index contributed by atoms with van der Waals surface area (Å²) < 4.78 is 1.29. The van der Waals surface area contributed by atoms with E-state index in [1.165, 1.54) is 35.1 Å². The standard InChI is InChI=1S/C20H21NO/c22-21-19-10-9-17(13-16-7-3-1-4-8-16)14-18(19)15-20(21)11-5-2-6-12-20/h1,3-4,7-10,14-15H,2,5-6,11-13H2. The molecule has 2 nitrogen and oxygen atoms in total. The van der Waals surface area contributed by atoms with Crippen molar-refractivity contribution < 1.29 is 0 Å². The molecule has 0 bridgehead atoms. The molecule has 22 heavy (non-hydrogen) atoms. The van der Waals surface area contributed by atoms with E-state index in [4.69, 9.17) is 0 Å². The van der Waals surface area contributed by atoms with Gasteiger partial charge in [-0.3, -0.25) is 0 Å². The molecule has 2 heteroatoms. The summed E-state index contributed by atoms with van der Waals surface area (Å²) >= 11 is 0. The molecule has 1 aliphatic heterocycles. The Kier molecular flexibility index (Phi) is 3.25. The van der Waals surface area contributed by atoms with Gasteiger partial charge in [0.05, 0.1) is 5.22 Å². The monoisotopic (exact) mass is 291 g/mol. The summed E-state index contributed by atoms with van der Waals surface area (Å²) in [5, 5.41) is 14.7. The van der Waals surface area contributed by atoms with Gasteiger partial charge >= 0.3 is 0 Å². The number of benzene rings is 2. The molecule has 0 atom stereocenters. The number of fused-ring (bicyclic) bond motifs is 1. The molecule has 0 N–H and O–H groups in total. The van der Waals surface area contributed by atoms with Gasteiger partial charge in [0, 0.05) is 25.0 Å². The highest BCUT2D eigenvalue weighted by Gasteiger charge is 2.40. The first-order valence-corrected chi connectivity index (χ1v) is 8.27. The second-order valence-corrected chi connectivity index (χ2v) is 6.66. The molecule has 1 heterocycles. The van der Waals surface area contributed by atoms with Crippen LogP contribution in [0.4, 0.5) is 0 Å². The largest absolute Gasteiger partial charge is 0.623 e. The van der Waals surface area contributed by atoms with E-state index < -0.39 is 0 Å². The van der Waals surface area contributed by atoms with Crippen LogP contribution in [-0.2, 0) is 6.42 Å². The van der Waals surface area contributed by atoms with Crippen LogP contribution in [0.3, 0.4) is 0 Å². The summed E-state index contributed by atoms with van der Waals surface area (Å²) in [5.74, 6) is 0. The fourth-order valence-corrected chi connectivity index (χ4v) is 3.95. The van der Waals surface area contributed by atoms with Crippen molar-refractivity contribution in [1.82, 2.24) is 4.74 Å². The third-order valence-corrected chi connectivity index (χ3v) is 5.11. The van der Waals surface area contributed by atoms with Crippen molar-refractivity contribution in [2.45, 2.75) is 44.1 Å². The Morgan fingerprint density at radius 3 is 2.45 bits per heavy atom. The molecule has 0 unspecified atom stereocenters. The second-order valence-electron chi connectivity index (χ2n) is 6.66. The molecule has 2 aliphatic rings. The maximum atomic E-state index is 12.7. The maximum Gasteiger partial charge on any atom is 0.218 e. The summed E-state index contributed by atoms with van der Waals surface area (Å²) in [4.78, 5) is 0. The van der Waals surface area contributed by atoms with E-state index in [1.807, 2.05) is 12.1 Å². The Morgan fingerprint density at radius 2 is 1.68 bits per heavy atom. The van der Waals surface area contributed by atoms with Gasteiger partial charge in [-0.05, 0) is 36.5 Å². The smallest absolute Gasteiger partial charge is 0.218 e. The van der Waals surface area contributed by atoms with Crippen LogP contribution < -0.4 is 15.3 Å². The topological polar surface area (TPSA) is 26.1 Å². The first-order valence-electron chi connectivity index (χ1n) is 8.27. The van der Waals surface area contributed by atoms with E-state index in [-0.39, 0.29) is 5.54 Å². The lowest BCUT2D eigenvalue weighted by Gasteiger charge is -2.30. The molecule has 4 rings (SSSR count). The maximum absolute atomic E-state index is 12.7. The first kappa shape index (κ1) is 13.6. The zero-order chi connectivity index (χ0) is 15.0. The fourth-order valence-electron chi connectivity index (χ4n) is 3.95. The lowest BCUT2D eigenvalue weighted by atomic mass is 9.82. The molecular weight excluding hydrogens is 270 g/mol. The Hall–Kier alpha value is -2.09. The summed E-state index contributed by atoms with van der Waals surface area (Å²) in [5.41, 5.74) is 2.33. The third kappa shape index (κ3) is 2.23. The van der Waals surface area contributed by atoms with Crippen molar-refractivity contribution in [2.24, 2.45) is 0 Å². The van der Waals surface area contributed by atoms with Crippen molar-refractivity contribution in [3.05, 3.63) is 75.4 Å². The molecule has 2 aromatic carbocycles. The zero-order valence-corrected chi connectivity index (χ0v) is 12.8. The second kappa shape index (κ2) is 5.28. The van der Waals surface area contributed by atoms with E-state index in [2.05, 4.69) is 42.5 Å². The number of rotatable bonds is 2. The van der Waals surface area contributed by atoms with Gasteiger partial charge in [0.15, 0.2) is 5.54 Å². The van der Waals surface area contributed by atoms with Crippen molar-refractivity contribution in [2.75, 3.05) is 0 Å². The SMILES string of the molecule is [O-][N+]1=c2ccc(Cc3ccccc3)cc2=CC12CCCCC2. The average Bonchev–Trinajstić information content (AvgIpc) is 2.81. The van der Waals surface area contributed by atoms with Crippen LogP contribution in [0.25, 0.3) is 6.08 Å². The summed E-state index contributed by atoms with van der Waals surface area (Å²) in [6.07, 6.45) is 8.76. The Morgan fingerprint density at radius 1 is 0.909 bits per heavy atom. The van der Waals surface area contributed by atoms with Gasteiger partial charge < -0.3 is 5.21 Å². The van der Waals surface area contributed by atoms with E-state index in [0.717, 1.165) is 29.8 Å². The lowest BCUT2D eigenvalue weighted by molar-refractivity contribution is 0.308. The van der Waals surface area contributed by atoms with Crippen LogP contribution in [0.2, 0.25) is 0 Å². The van der Waals surface area contributed by atoms with Crippen LogP contribution in [0.5, 0.6) is 0 Å². The highest BCUT2D eigenvalue weighted by atomic mass is 16.5. The summed E-state index contributed by atoms with van der Waals surface area (Å²) in [6, 6.07) is 16.8. The van der Waals surface area contributed by atoms with Gasteiger partial charge in [0.2, 0.25) is 5.36 Å². The van der Waals surface area contributed by atoms with Gasteiger partial charge in [-0.15, -0.1) is 0 Å². The van der Waals surface area contributed by atoms with E-state index in [9.17, 15) is 5.21 Å². The summed E-state index contributed by atoms with van der Waals surface area (Å²) in [7, 11) is 0. The molecule has 1 aliphatic carbocycles. The molecule has 0 aromatic heterocycles. The highest BCUT2D eigenvalue weighted by molar-refractivity contribution is 5.44. The normalized spacial score (nSPS) is 19.0. The van der Waals surface area contributed by atoms with Crippen molar-refractivity contribution in [3.63, 3.8) is 0 Å². The van der Waals surface area contributed by atoms with Crippen LogP contribution in [0, 0.1) is 5.21 Å². The molecule has 2 aromatic rings. The Balaban J connectivity index is 1.72. The molecule has 1 fully saturated rings. The van der Waals surface area contributed by atoms with Gasteiger partial charge in [0.1, 0.15) is 0 Å². The number of nitrogens with zero attached hydrogens (tertiary/aromatic N) is 1. The minimum atomic E-state index is -0.258. The Labute approximate surface area is 131 Å². The molecule has 1 saturated carbocycles. The minimum absolute atomic E-state index is 0.258. The molecule has 112 valence electrons. The lowest BCUT2D eigenvalue weighted by Crippen LogP contribution is -2.44. The van der Waals surface area contributed by atoms with Crippen molar-refractivity contribution >= 4 is 6.08 Å². The highest BCUT2D eigenvalue weighted by Crippen LogP contribution is 2.32. The fraction of sp³-hybridized carbons (Fsp3) is 0.350. The van der Waals surface area contributed by atoms with Crippen molar-refractivity contribution in [1.29, 1.82) is 0 Å². The van der Waals surface area contributed by atoms with Crippen LogP contribution >= 0.6 is 0 Å². The van der Waals surface area contributed by atoms with E-state index in [0.29, 0.717) is 0 Å². The van der Waals surface area contributed by atoms with E-state index in [1.54, 1.807) is 0 Å². The first-order chi connectivity index (χ1) is 10.8. The van der Waals surface area contributed by atoms with Crippen LogP contribution in [0.15, 0.2) is 48.5 Å². The molecule has 0 amide bonds. The van der Waals surface area contributed by atoms with Gasteiger partial charge in [-0.1, -0.05) is 42.8 Å². The van der Waals surface area contributed by atoms with Crippen molar-refractivity contribution in [3.8, 4) is 0 Å². The zero-order valence-electron chi connectivity index (χ0n) is 12.8. The number of hydrogen-bond acceptors (Lipinski definition) is 1. The van der Waals surface area contributed by atoms with Gasteiger partial charge in [-0.2, -0.15) is 4.74 Å². The average molecular weight is 291 g/mol. The van der Waals surface area contributed by atoms with Gasteiger partial charge in [0.25, 0.3) is 0 Å². The minimum Gasteiger partial charge on any atom is -0.623 e. The predicted molar refractivity (Wildman–Crippen MR) is 89.8 cm³/mol. The van der Waals surface area contributed by atoms with Gasteiger partial charge in [-0.25, -0.2) is 0 Å².